The van der Waals surface area contributed by atoms with Crippen molar-refractivity contribution in [1.82, 2.24) is 0 Å². The lowest BCUT2D eigenvalue weighted by Gasteiger charge is -1.95. The second-order valence-electron chi connectivity index (χ2n) is 1.92. The highest BCUT2D eigenvalue weighted by Crippen LogP contribution is 2.17. The van der Waals surface area contributed by atoms with Gasteiger partial charge in [-0.2, -0.15) is 0 Å². The molecule has 0 saturated heterocycles. The van der Waals surface area contributed by atoms with Gasteiger partial charge < -0.3 is 5.11 Å². The van der Waals surface area contributed by atoms with Gasteiger partial charge in [0.1, 0.15) is 5.83 Å². The molecular weight excluding hydrogens is 211 g/mol. The fourth-order valence-electron chi connectivity index (χ4n) is 0.461. The molecule has 1 nitrogen and oxygen atoms in total. The number of halogens is 2. The summed E-state index contributed by atoms with van der Waals surface area (Å²) in [6.07, 6.45) is 2.87. The Bertz CT molecular complexity index is 206. The Morgan fingerprint density at radius 1 is 1.73 bits per heavy atom. The van der Waals surface area contributed by atoms with E-state index >= 15 is 0 Å². The van der Waals surface area contributed by atoms with Gasteiger partial charge in [-0.1, -0.05) is 12.7 Å². The van der Waals surface area contributed by atoms with E-state index in [0.29, 0.717) is 5.57 Å². The van der Waals surface area contributed by atoms with Crippen LogP contribution in [0, 0.1) is 0 Å². The smallest absolute Gasteiger partial charge is 0.137 e. The van der Waals surface area contributed by atoms with E-state index in [9.17, 15) is 4.39 Å². The van der Waals surface area contributed by atoms with Crippen LogP contribution in [0.1, 0.15) is 6.92 Å². The molecule has 0 atom stereocenters. The van der Waals surface area contributed by atoms with Crippen molar-refractivity contribution in [3.63, 3.8) is 0 Å². The van der Waals surface area contributed by atoms with Crippen LogP contribution >= 0.6 is 15.9 Å². The molecule has 11 heavy (non-hydrogen) atoms. The van der Waals surface area contributed by atoms with E-state index in [0.717, 1.165) is 0 Å². The number of aliphatic hydroxyl groups excluding tert-OH is 1. The normalized spacial score (nSPS) is 13.5. The van der Waals surface area contributed by atoms with E-state index in [1.807, 2.05) is 0 Å². The van der Waals surface area contributed by atoms with Crippen molar-refractivity contribution in [2.45, 2.75) is 6.92 Å². The first kappa shape index (κ1) is 10.6. The minimum Gasteiger partial charge on any atom is -0.392 e. The molecule has 1 N–H and O–H groups in total. The quantitative estimate of drug-likeness (QED) is 0.726. The molecule has 0 saturated carbocycles. The Hall–Kier alpha value is -0.410. The molecule has 0 bridgehead atoms. The molecule has 3 heteroatoms. The molecule has 0 aromatic carbocycles. The molecule has 0 aliphatic heterocycles. The Morgan fingerprint density at radius 2 is 2.27 bits per heavy atom. The highest BCUT2D eigenvalue weighted by atomic mass is 79.9. The first-order valence-corrected chi connectivity index (χ1v) is 3.89. The van der Waals surface area contributed by atoms with Gasteiger partial charge >= 0.3 is 0 Å². The van der Waals surface area contributed by atoms with Gasteiger partial charge in [0.2, 0.25) is 0 Å². The van der Waals surface area contributed by atoms with E-state index in [2.05, 4.69) is 22.5 Å². The van der Waals surface area contributed by atoms with Crippen molar-refractivity contribution >= 4 is 15.9 Å². The summed E-state index contributed by atoms with van der Waals surface area (Å²) >= 11 is 2.88. The average molecular weight is 221 g/mol. The zero-order valence-corrected chi connectivity index (χ0v) is 7.86. The molecule has 0 aromatic heterocycles. The number of rotatable bonds is 3. The zero-order chi connectivity index (χ0) is 8.85. The molecular formula is C8H10BrFO. The highest BCUT2D eigenvalue weighted by molar-refractivity contribution is 9.11. The van der Waals surface area contributed by atoms with Crippen molar-refractivity contribution in [2.75, 3.05) is 6.61 Å². The topological polar surface area (TPSA) is 20.2 Å². The van der Waals surface area contributed by atoms with Gasteiger partial charge in [-0.3, -0.25) is 0 Å². The van der Waals surface area contributed by atoms with Crippen LogP contribution < -0.4 is 0 Å². The highest BCUT2D eigenvalue weighted by Gasteiger charge is 1.97. The van der Waals surface area contributed by atoms with Gasteiger partial charge in [-0.05, 0) is 34.5 Å². The maximum Gasteiger partial charge on any atom is 0.137 e. The van der Waals surface area contributed by atoms with Crippen molar-refractivity contribution in [3.8, 4) is 0 Å². The summed E-state index contributed by atoms with van der Waals surface area (Å²) in [6, 6.07) is 0. The van der Waals surface area contributed by atoms with Crippen molar-refractivity contribution in [3.05, 3.63) is 34.6 Å². The number of hydrogen-bond donors (Lipinski definition) is 1. The lowest BCUT2D eigenvalue weighted by molar-refractivity contribution is 0.334. The summed E-state index contributed by atoms with van der Waals surface area (Å²) in [6.45, 7) is 4.91. The third-order valence-electron chi connectivity index (χ3n) is 1.12. The third kappa shape index (κ3) is 4.11. The molecule has 0 aliphatic carbocycles. The summed E-state index contributed by atoms with van der Waals surface area (Å²) in [5, 5.41) is 8.63. The van der Waals surface area contributed by atoms with Gasteiger partial charge in [0.15, 0.2) is 0 Å². The van der Waals surface area contributed by atoms with Crippen LogP contribution in [0.2, 0.25) is 0 Å². The minimum absolute atomic E-state index is 0.163. The maximum atomic E-state index is 12.7. The fraction of sp³-hybridized carbons (Fsp3) is 0.250. The monoisotopic (exact) mass is 220 g/mol. The molecule has 0 aromatic rings. The standard InChI is InChI=1S/C8H10BrFO/c1-3-7(5-11)4-8(10)6(2)9/h3-4,11H,2,5H2,1H3/b7-3+,8-4+. The predicted molar refractivity (Wildman–Crippen MR) is 48.1 cm³/mol. The predicted octanol–water partition coefficient (Wildman–Crippen LogP) is 2.69. The molecule has 0 aliphatic rings. The lowest BCUT2D eigenvalue weighted by atomic mass is 10.2. The van der Waals surface area contributed by atoms with Gasteiger partial charge in [-0.25, -0.2) is 4.39 Å². The average Bonchev–Trinajstić information content (AvgIpc) is 1.99. The van der Waals surface area contributed by atoms with E-state index in [1.54, 1.807) is 13.0 Å². The van der Waals surface area contributed by atoms with Crippen LogP contribution in [-0.4, -0.2) is 11.7 Å². The first-order chi connectivity index (χ1) is 5.11. The molecule has 0 rings (SSSR count). The zero-order valence-electron chi connectivity index (χ0n) is 6.27. The third-order valence-corrected chi connectivity index (χ3v) is 1.50. The van der Waals surface area contributed by atoms with Crippen LogP contribution in [0.15, 0.2) is 34.6 Å². The van der Waals surface area contributed by atoms with E-state index in [1.165, 1.54) is 6.08 Å². The van der Waals surface area contributed by atoms with E-state index < -0.39 is 5.83 Å². The number of allylic oxidation sites excluding steroid dienone is 3. The molecule has 0 fully saturated rings. The van der Waals surface area contributed by atoms with Gasteiger partial charge in [-0.15, -0.1) is 0 Å². The molecule has 0 unspecified atom stereocenters. The van der Waals surface area contributed by atoms with Crippen LogP contribution in [0.5, 0.6) is 0 Å². The van der Waals surface area contributed by atoms with Gasteiger partial charge in [0.25, 0.3) is 0 Å². The SMILES string of the molecule is C=C(Br)/C(F)=C\C(=C/C)CO. The first-order valence-electron chi connectivity index (χ1n) is 3.09. The second kappa shape index (κ2) is 5.27. The fourth-order valence-corrected chi connectivity index (χ4v) is 0.576. The summed E-state index contributed by atoms with van der Waals surface area (Å²) in [5.41, 5.74) is 0.531. The van der Waals surface area contributed by atoms with Crippen molar-refractivity contribution in [2.24, 2.45) is 0 Å². The van der Waals surface area contributed by atoms with E-state index in [-0.39, 0.29) is 11.1 Å². The van der Waals surface area contributed by atoms with Crippen molar-refractivity contribution in [1.29, 1.82) is 0 Å². The molecule has 0 amide bonds. The molecule has 62 valence electrons. The summed E-state index contributed by atoms with van der Waals surface area (Å²) in [4.78, 5) is 0. The minimum atomic E-state index is -0.466. The molecule has 0 radical (unpaired) electrons. The Balaban J connectivity index is 4.40. The van der Waals surface area contributed by atoms with Crippen LogP contribution in [-0.2, 0) is 0 Å². The summed E-state index contributed by atoms with van der Waals surface area (Å²) in [5.74, 6) is -0.466. The van der Waals surface area contributed by atoms with Gasteiger partial charge in [0.05, 0.1) is 6.61 Å². The Labute approximate surface area is 74.1 Å². The summed E-state index contributed by atoms with van der Waals surface area (Å²) < 4.78 is 12.9. The van der Waals surface area contributed by atoms with Gasteiger partial charge in [0, 0.05) is 4.48 Å². The van der Waals surface area contributed by atoms with E-state index in [4.69, 9.17) is 5.11 Å². The number of hydrogen-bond acceptors (Lipinski definition) is 1. The van der Waals surface area contributed by atoms with Crippen molar-refractivity contribution < 1.29 is 9.50 Å². The molecule has 0 spiro atoms. The van der Waals surface area contributed by atoms with Crippen LogP contribution in [0.3, 0.4) is 0 Å². The largest absolute Gasteiger partial charge is 0.392 e. The second-order valence-corrected chi connectivity index (χ2v) is 2.88. The Morgan fingerprint density at radius 3 is 2.55 bits per heavy atom. The maximum absolute atomic E-state index is 12.7. The summed E-state index contributed by atoms with van der Waals surface area (Å²) in [7, 11) is 0. The van der Waals surface area contributed by atoms with Crippen LogP contribution in [0.4, 0.5) is 4.39 Å². The number of aliphatic hydroxyl groups is 1. The molecule has 0 heterocycles. The van der Waals surface area contributed by atoms with Crippen LogP contribution in [0.25, 0.3) is 0 Å². The lowest BCUT2D eigenvalue weighted by Crippen LogP contribution is -1.86. The Kier molecular flexibility index (Phi) is 5.07.